The van der Waals surface area contributed by atoms with Crippen molar-refractivity contribution in [1.29, 1.82) is 0 Å². The average molecular weight is 445 g/mol. The maximum absolute atomic E-state index is 13.2. The Morgan fingerprint density at radius 1 is 1.26 bits per heavy atom. The van der Waals surface area contributed by atoms with Crippen LogP contribution in [0, 0.1) is 5.92 Å². The van der Waals surface area contributed by atoms with Gasteiger partial charge in [0, 0.05) is 13.1 Å². The lowest BCUT2D eigenvalue weighted by atomic mass is 9.98. The lowest BCUT2D eigenvalue weighted by Crippen LogP contribution is -2.43. The Balaban J connectivity index is 1.50. The molecule has 0 aromatic heterocycles. The van der Waals surface area contributed by atoms with Crippen LogP contribution in [0.3, 0.4) is 0 Å². The van der Waals surface area contributed by atoms with Gasteiger partial charge in [0.1, 0.15) is 11.5 Å². The molecule has 2 N–H and O–H groups in total. The van der Waals surface area contributed by atoms with E-state index >= 15 is 0 Å². The Morgan fingerprint density at radius 3 is 2.87 bits per heavy atom. The Kier molecular flexibility index (Phi) is 5.84. The maximum atomic E-state index is 13.2. The highest BCUT2D eigenvalue weighted by atomic mass is 32.2. The van der Waals surface area contributed by atoms with Gasteiger partial charge in [-0.1, -0.05) is 12.1 Å². The van der Waals surface area contributed by atoms with Crippen LogP contribution < -0.4 is 20.1 Å². The topological polar surface area (TPSA) is 114 Å². The van der Waals surface area contributed by atoms with Gasteiger partial charge in [0.25, 0.3) is 5.91 Å². The first kappa shape index (κ1) is 21.1. The van der Waals surface area contributed by atoms with Crippen LogP contribution in [0.5, 0.6) is 11.5 Å². The van der Waals surface area contributed by atoms with Gasteiger partial charge in [-0.3, -0.25) is 9.59 Å². The Labute approximate surface area is 180 Å². The van der Waals surface area contributed by atoms with Crippen LogP contribution in [-0.2, 0) is 19.6 Å². The second kappa shape index (κ2) is 8.56. The number of sulfonamides is 1. The summed E-state index contributed by atoms with van der Waals surface area (Å²) in [4.78, 5) is 24.4. The van der Waals surface area contributed by atoms with Crippen LogP contribution in [0.25, 0.3) is 0 Å². The first-order valence-electron chi connectivity index (χ1n) is 9.89. The van der Waals surface area contributed by atoms with Crippen LogP contribution in [0.1, 0.15) is 12.8 Å². The zero-order valence-electron chi connectivity index (χ0n) is 17.0. The van der Waals surface area contributed by atoms with E-state index in [4.69, 9.17) is 9.47 Å². The Bertz CT molecular complexity index is 1120. The first-order valence-corrected chi connectivity index (χ1v) is 11.3. The zero-order chi connectivity index (χ0) is 22.0. The molecule has 2 aliphatic heterocycles. The summed E-state index contributed by atoms with van der Waals surface area (Å²) in [7, 11) is -2.32. The molecule has 1 fully saturated rings. The predicted molar refractivity (Wildman–Crippen MR) is 114 cm³/mol. The molecule has 1 saturated heterocycles. The largest absolute Gasteiger partial charge is 0.495 e. The lowest BCUT2D eigenvalue weighted by Gasteiger charge is -2.31. The fourth-order valence-corrected chi connectivity index (χ4v) is 5.28. The summed E-state index contributed by atoms with van der Waals surface area (Å²) in [5, 5.41) is 5.46. The number of hydrogen-bond donors (Lipinski definition) is 2. The monoisotopic (exact) mass is 445 g/mol. The molecule has 2 aromatic rings. The molecule has 0 unspecified atom stereocenters. The van der Waals surface area contributed by atoms with Crippen molar-refractivity contribution in [1.82, 2.24) is 4.31 Å². The quantitative estimate of drug-likeness (QED) is 0.728. The summed E-state index contributed by atoms with van der Waals surface area (Å²) >= 11 is 0. The van der Waals surface area contributed by atoms with Crippen molar-refractivity contribution in [2.24, 2.45) is 5.92 Å². The minimum Gasteiger partial charge on any atom is -0.495 e. The second-order valence-corrected chi connectivity index (χ2v) is 9.32. The van der Waals surface area contributed by atoms with E-state index in [-0.39, 0.29) is 29.9 Å². The van der Waals surface area contributed by atoms with Gasteiger partial charge in [0.05, 0.1) is 29.3 Å². The third-order valence-corrected chi connectivity index (χ3v) is 7.20. The molecule has 2 aromatic carbocycles. The van der Waals surface area contributed by atoms with Crippen LogP contribution >= 0.6 is 0 Å². The molecule has 2 amide bonds. The molecule has 0 radical (unpaired) electrons. The van der Waals surface area contributed by atoms with E-state index in [1.54, 1.807) is 24.3 Å². The molecule has 10 heteroatoms. The lowest BCUT2D eigenvalue weighted by molar-refractivity contribution is -0.121. The van der Waals surface area contributed by atoms with Gasteiger partial charge >= 0.3 is 0 Å². The summed E-state index contributed by atoms with van der Waals surface area (Å²) < 4.78 is 38.3. The number of methoxy groups -OCH3 is 1. The van der Waals surface area contributed by atoms with Gasteiger partial charge in [-0.15, -0.1) is 0 Å². The molecule has 0 spiro atoms. The van der Waals surface area contributed by atoms with Gasteiger partial charge in [0.2, 0.25) is 15.9 Å². The van der Waals surface area contributed by atoms with Crippen LogP contribution in [0.2, 0.25) is 0 Å². The van der Waals surface area contributed by atoms with Crippen molar-refractivity contribution < 1.29 is 27.5 Å². The molecule has 2 heterocycles. The van der Waals surface area contributed by atoms with Crippen molar-refractivity contribution in [2.75, 3.05) is 37.4 Å². The smallest absolute Gasteiger partial charge is 0.262 e. The van der Waals surface area contributed by atoms with Crippen LogP contribution in [0.15, 0.2) is 47.4 Å². The number of nitrogens with zero attached hydrogens (tertiary/aromatic N) is 1. The Morgan fingerprint density at radius 2 is 2.06 bits per heavy atom. The third-order valence-electron chi connectivity index (χ3n) is 5.34. The molecule has 164 valence electrons. The molecule has 4 rings (SSSR count). The number of para-hydroxylation sites is 2. The van der Waals surface area contributed by atoms with Gasteiger partial charge < -0.3 is 20.1 Å². The van der Waals surface area contributed by atoms with E-state index in [9.17, 15) is 18.0 Å². The van der Waals surface area contributed by atoms with E-state index in [1.807, 2.05) is 0 Å². The fourth-order valence-electron chi connectivity index (χ4n) is 3.73. The van der Waals surface area contributed by atoms with E-state index in [0.29, 0.717) is 42.3 Å². The first-order chi connectivity index (χ1) is 14.9. The number of carbonyl (C=O) groups excluding carboxylic acids is 2. The Hall–Kier alpha value is -3.11. The third kappa shape index (κ3) is 4.35. The number of rotatable bonds is 5. The highest BCUT2D eigenvalue weighted by Gasteiger charge is 2.34. The molecule has 1 atom stereocenters. The number of piperidine rings is 1. The molecule has 9 nitrogen and oxygen atoms in total. The maximum Gasteiger partial charge on any atom is 0.262 e. The average Bonchev–Trinajstić information content (AvgIpc) is 2.79. The molecule has 0 bridgehead atoms. The number of ether oxygens (including phenoxy) is 2. The van der Waals surface area contributed by atoms with Crippen molar-refractivity contribution >= 4 is 33.2 Å². The summed E-state index contributed by atoms with van der Waals surface area (Å²) in [5.74, 6) is -0.126. The summed E-state index contributed by atoms with van der Waals surface area (Å²) in [6.45, 7) is 0.290. The predicted octanol–water partition coefficient (Wildman–Crippen LogP) is 2.07. The normalized spacial score (nSPS) is 19.0. The van der Waals surface area contributed by atoms with E-state index < -0.39 is 15.9 Å². The minimum absolute atomic E-state index is 0.0443. The number of amides is 2. The van der Waals surface area contributed by atoms with Gasteiger partial charge in [-0.2, -0.15) is 4.31 Å². The van der Waals surface area contributed by atoms with Crippen molar-refractivity contribution in [2.45, 2.75) is 17.7 Å². The number of nitrogens with one attached hydrogen (secondary N) is 2. The SMILES string of the molecule is COc1ccccc1NC(=O)[C@@H]1CCCN(S(=O)(=O)c2ccc3c(c2)NC(=O)CO3)C1. The highest BCUT2D eigenvalue weighted by molar-refractivity contribution is 7.89. The van der Waals surface area contributed by atoms with Gasteiger partial charge in [0.15, 0.2) is 6.61 Å². The van der Waals surface area contributed by atoms with Crippen LogP contribution in [-0.4, -0.2) is 51.3 Å². The van der Waals surface area contributed by atoms with E-state index in [1.165, 1.54) is 29.6 Å². The number of benzene rings is 2. The highest BCUT2D eigenvalue weighted by Crippen LogP contribution is 2.33. The molecule has 0 saturated carbocycles. The molecule has 2 aliphatic rings. The molecular formula is C21H23N3O6S. The number of fused-ring (bicyclic) bond motifs is 1. The van der Waals surface area contributed by atoms with Crippen molar-refractivity contribution in [3.05, 3.63) is 42.5 Å². The van der Waals surface area contributed by atoms with Gasteiger partial charge in [-0.05, 0) is 43.2 Å². The van der Waals surface area contributed by atoms with E-state index in [2.05, 4.69) is 10.6 Å². The second-order valence-electron chi connectivity index (χ2n) is 7.39. The zero-order valence-corrected chi connectivity index (χ0v) is 17.8. The summed E-state index contributed by atoms with van der Waals surface area (Å²) in [6, 6.07) is 11.4. The summed E-state index contributed by atoms with van der Waals surface area (Å²) in [5.41, 5.74) is 0.861. The number of carbonyl (C=O) groups is 2. The molecular weight excluding hydrogens is 422 g/mol. The summed E-state index contributed by atoms with van der Waals surface area (Å²) in [6.07, 6.45) is 1.15. The van der Waals surface area contributed by atoms with Crippen molar-refractivity contribution in [3.8, 4) is 11.5 Å². The molecule has 0 aliphatic carbocycles. The number of hydrogen-bond acceptors (Lipinski definition) is 6. The van der Waals surface area contributed by atoms with Crippen molar-refractivity contribution in [3.63, 3.8) is 0 Å². The van der Waals surface area contributed by atoms with E-state index in [0.717, 1.165) is 0 Å². The van der Waals surface area contributed by atoms with Crippen LogP contribution in [0.4, 0.5) is 11.4 Å². The molecule has 31 heavy (non-hydrogen) atoms. The van der Waals surface area contributed by atoms with Gasteiger partial charge in [-0.25, -0.2) is 8.42 Å². The standard InChI is InChI=1S/C21H23N3O6S/c1-29-18-7-3-2-6-16(18)23-21(26)14-5-4-10-24(12-14)31(27,28)15-8-9-19-17(11-15)22-20(25)13-30-19/h2-3,6-9,11,14H,4-5,10,12-13H2,1H3,(H,22,25)(H,23,26)/t14-/m1/s1. The fraction of sp³-hybridized carbons (Fsp3) is 0.333. The minimum atomic E-state index is -3.84. The number of anilines is 2.